The topological polar surface area (TPSA) is 90.7 Å². The standard InChI is InChI=1S/C18H21N5O/c1-12(2)7-8-20-18-21-13(3)9-16(23-18)17(24)22-15-6-4-5-14(10-15)11-19/h4-6,9-10,12H,7-8H2,1-3H3,(H,22,24)(H,20,21,23). The molecule has 0 spiro atoms. The Morgan fingerprint density at radius 1 is 1.29 bits per heavy atom. The van der Waals surface area contributed by atoms with Crippen LogP contribution in [0.3, 0.4) is 0 Å². The fourth-order valence-corrected chi connectivity index (χ4v) is 2.10. The number of anilines is 2. The molecule has 0 atom stereocenters. The second-order valence-electron chi connectivity index (χ2n) is 5.97. The van der Waals surface area contributed by atoms with E-state index in [2.05, 4.69) is 34.4 Å². The monoisotopic (exact) mass is 323 g/mol. The molecule has 1 heterocycles. The number of aryl methyl sites for hydroxylation is 1. The molecular formula is C18H21N5O. The lowest BCUT2D eigenvalue weighted by Gasteiger charge is -2.10. The molecule has 1 aromatic heterocycles. The summed E-state index contributed by atoms with van der Waals surface area (Å²) in [5.41, 5.74) is 2.05. The third-order valence-corrected chi connectivity index (χ3v) is 3.34. The van der Waals surface area contributed by atoms with Crippen molar-refractivity contribution in [1.82, 2.24) is 9.97 Å². The Hall–Kier alpha value is -2.94. The number of hydrogen-bond acceptors (Lipinski definition) is 5. The Morgan fingerprint density at radius 3 is 2.79 bits per heavy atom. The summed E-state index contributed by atoms with van der Waals surface area (Å²) < 4.78 is 0. The Morgan fingerprint density at radius 2 is 2.08 bits per heavy atom. The lowest BCUT2D eigenvalue weighted by atomic mass is 10.1. The van der Waals surface area contributed by atoms with Crippen LogP contribution in [-0.2, 0) is 0 Å². The van der Waals surface area contributed by atoms with Crippen molar-refractivity contribution in [1.29, 1.82) is 5.26 Å². The first-order valence-corrected chi connectivity index (χ1v) is 7.89. The van der Waals surface area contributed by atoms with Crippen molar-refractivity contribution in [3.63, 3.8) is 0 Å². The van der Waals surface area contributed by atoms with Crippen molar-refractivity contribution in [2.24, 2.45) is 5.92 Å². The van der Waals surface area contributed by atoms with Crippen molar-refractivity contribution in [2.45, 2.75) is 27.2 Å². The van der Waals surface area contributed by atoms with Gasteiger partial charge in [-0.05, 0) is 43.5 Å². The molecule has 24 heavy (non-hydrogen) atoms. The summed E-state index contributed by atoms with van der Waals surface area (Å²) in [5, 5.41) is 14.8. The highest BCUT2D eigenvalue weighted by molar-refractivity contribution is 6.03. The fraction of sp³-hybridized carbons (Fsp3) is 0.333. The summed E-state index contributed by atoms with van der Waals surface area (Å²) in [7, 11) is 0. The summed E-state index contributed by atoms with van der Waals surface area (Å²) in [6.45, 7) is 6.87. The van der Waals surface area contributed by atoms with Gasteiger partial charge in [-0.2, -0.15) is 5.26 Å². The van der Waals surface area contributed by atoms with Gasteiger partial charge in [0.15, 0.2) is 0 Å². The molecule has 1 amide bonds. The van der Waals surface area contributed by atoms with Gasteiger partial charge in [-0.25, -0.2) is 9.97 Å². The number of benzene rings is 1. The van der Waals surface area contributed by atoms with Crippen LogP contribution in [0.1, 0.15) is 42.0 Å². The lowest BCUT2D eigenvalue weighted by Crippen LogP contribution is -2.16. The molecule has 0 saturated carbocycles. The van der Waals surface area contributed by atoms with E-state index < -0.39 is 0 Å². The number of rotatable bonds is 6. The van der Waals surface area contributed by atoms with Crippen molar-refractivity contribution < 1.29 is 4.79 Å². The average molecular weight is 323 g/mol. The van der Waals surface area contributed by atoms with E-state index in [-0.39, 0.29) is 11.6 Å². The SMILES string of the molecule is Cc1cc(C(=O)Nc2cccc(C#N)c2)nc(NCCC(C)C)n1. The normalized spacial score (nSPS) is 10.3. The van der Waals surface area contributed by atoms with Crippen molar-refractivity contribution >= 4 is 17.5 Å². The fourth-order valence-electron chi connectivity index (χ4n) is 2.10. The molecule has 0 aliphatic carbocycles. The zero-order valence-corrected chi connectivity index (χ0v) is 14.1. The van der Waals surface area contributed by atoms with Crippen LogP contribution in [0.2, 0.25) is 0 Å². The first-order chi connectivity index (χ1) is 11.5. The second-order valence-corrected chi connectivity index (χ2v) is 5.97. The molecule has 2 aromatic rings. The van der Waals surface area contributed by atoms with Crippen LogP contribution in [0, 0.1) is 24.2 Å². The number of hydrogen-bond donors (Lipinski definition) is 2. The van der Waals surface area contributed by atoms with Gasteiger partial charge in [0.25, 0.3) is 5.91 Å². The van der Waals surface area contributed by atoms with Crippen molar-refractivity contribution in [3.05, 3.63) is 47.3 Å². The molecule has 0 aliphatic rings. The Bertz CT molecular complexity index is 764. The number of carbonyl (C=O) groups excluding carboxylic acids is 1. The van der Waals surface area contributed by atoms with Crippen LogP contribution in [0.4, 0.5) is 11.6 Å². The molecule has 6 heteroatoms. The minimum absolute atomic E-state index is 0.289. The van der Waals surface area contributed by atoms with Crippen molar-refractivity contribution in [3.8, 4) is 6.07 Å². The number of nitriles is 1. The first-order valence-electron chi connectivity index (χ1n) is 7.89. The Kier molecular flexibility index (Phi) is 5.85. The summed E-state index contributed by atoms with van der Waals surface area (Å²) >= 11 is 0. The van der Waals surface area contributed by atoms with E-state index in [0.29, 0.717) is 28.8 Å². The van der Waals surface area contributed by atoms with E-state index >= 15 is 0 Å². The molecular weight excluding hydrogens is 302 g/mol. The Labute approximate surface area is 142 Å². The molecule has 0 bridgehead atoms. The maximum absolute atomic E-state index is 12.4. The molecule has 0 aliphatic heterocycles. The minimum atomic E-state index is -0.331. The van der Waals surface area contributed by atoms with Gasteiger partial charge in [0.05, 0.1) is 11.6 Å². The van der Waals surface area contributed by atoms with Gasteiger partial charge in [-0.15, -0.1) is 0 Å². The predicted octanol–water partition coefficient (Wildman–Crippen LogP) is 3.37. The van der Waals surface area contributed by atoms with E-state index in [1.54, 1.807) is 30.3 Å². The summed E-state index contributed by atoms with van der Waals surface area (Å²) in [4.78, 5) is 21.0. The van der Waals surface area contributed by atoms with Gasteiger partial charge in [0, 0.05) is 17.9 Å². The maximum Gasteiger partial charge on any atom is 0.274 e. The predicted molar refractivity (Wildman–Crippen MR) is 93.8 cm³/mol. The largest absolute Gasteiger partial charge is 0.354 e. The number of nitrogens with one attached hydrogen (secondary N) is 2. The van der Waals surface area contributed by atoms with E-state index in [1.165, 1.54) is 0 Å². The molecule has 2 N–H and O–H groups in total. The Balaban J connectivity index is 2.11. The molecule has 0 saturated heterocycles. The summed E-state index contributed by atoms with van der Waals surface area (Å²) in [5.74, 6) is 0.701. The molecule has 6 nitrogen and oxygen atoms in total. The van der Waals surface area contributed by atoms with Crippen LogP contribution in [-0.4, -0.2) is 22.4 Å². The van der Waals surface area contributed by atoms with Gasteiger partial charge in [0.2, 0.25) is 5.95 Å². The number of carbonyl (C=O) groups is 1. The van der Waals surface area contributed by atoms with E-state index in [1.807, 2.05) is 13.0 Å². The number of amides is 1. The minimum Gasteiger partial charge on any atom is -0.354 e. The highest BCUT2D eigenvalue weighted by atomic mass is 16.1. The van der Waals surface area contributed by atoms with Gasteiger partial charge in [0.1, 0.15) is 5.69 Å². The smallest absolute Gasteiger partial charge is 0.274 e. The quantitative estimate of drug-likeness (QED) is 0.850. The number of aromatic nitrogens is 2. The molecule has 124 valence electrons. The first kappa shape index (κ1) is 17.4. The maximum atomic E-state index is 12.4. The number of nitrogens with zero attached hydrogens (tertiary/aromatic N) is 3. The zero-order valence-electron chi connectivity index (χ0n) is 14.1. The second kappa shape index (κ2) is 8.06. The third kappa shape index (κ3) is 5.06. The third-order valence-electron chi connectivity index (χ3n) is 3.34. The summed E-state index contributed by atoms with van der Waals surface area (Å²) in [6.07, 6.45) is 1.000. The zero-order chi connectivity index (χ0) is 17.5. The molecule has 0 radical (unpaired) electrons. The van der Waals surface area contributed by atoms with E-state index in [4.69, 9.17) is 5.26 Å². The van der Waals surface area contributed by atoms with Crippen molar-refractivity contribution in [2.75, 3.05) is 17.2 Å². The highest BCUT2D eigenvalue weighted by Gasteiger charge is 2.11. The summed E-state index contributed by atoms with van der Waals surface area (Å²) in [6, 6.07) is 10.4. The molecule has 0 fully saturated rings. The molecule has 0 unspecified atom stereocenters. The molecule has 1 aromatic carbocycles. The van der Waals surface area contributed by atoms with Crippen LogP contribution < -0.4 is 10.6 Å². The van der Waals surface area contributed by atoms with Crippen LogP contribution >= 0.6 is 0 Å². The van der Waals surface area contributed by atoms with E-state index in [0.717, 1.165) is 13.0 Å². The van der Waals surface area contributed by atoms with Gasteiger partial charge in [-0.3, -0.25) is 4.79 Å². The van der Waals surface area contributed by atoms with E-state index in [9.17, 15) is 4.79 Å². The van der Waals surface area contributed by atoms with Gasteiger partial charge < -0.3 is 10.6 Å². The van der Waals surface area contributed by atoms with Crippen LogP contribution in [0.5, 0.6) is 0 Å². The average Bonchev–Trinajstić information content (AvgIpc) is 2.54. The lowest BCUT2D eigenvalue weighted by molar-refractivity contribution is 0.102. The molecule has 2 rings (SSSR count). The van der Waals surface area contributed by atoms with Gasteiger partial charge >= 0.3 is 0 Å². The van der Waals surface area contributed by atoms with Gasteiger partial charge in [-0.1, -0.05) is 19.9 Å². The van der Waals surface area contributed by atoms with Crippen LogP contribution in [0.15, 0.2) is 30.3 Å². The van der Waals surface area contributed by atoms with Crippen LogP contribution in [0.25, 0.3) is 0 Å². The highest BCUT2D eigenvalue weighted by Crippen LogP contribution is 2.12.